The summed E-state index contributed by atoms with van der Waals surface area (Å²) < 4.78 is 36.9. The van der Waals surface area contributed by atoms with Gasteiger partial charge in [-0.3, -0.25) is 4.79 Å². The van der Waals surface area contributed by atoms with Crippen molar-refractivity contribution in [3.05, 3.63) is 76.5 Å². The zero-order valence-corrected chi connectivity index (χ0v) is 17.4. The van der Waals surface area contributed by atoms with Gasteiger partial charge in [-0.15, -0.1) is 11.3 Å². The molecule has 1 atom stereocenters. The highest BCUT2D eigenvalue weighted by molar-refractivity contribution is 7.89. The lowest BCUT2D eigenvalue weighted by molar-refractivity contribution is -0.123. The van der Waals surface area contributed by atoms with Crippen LogP contribution in [0.25, 0.3) is 11.0 Å². The van der Waals surface area contributed by atoms with Gasteiger partial charge in [0.25, 0.3) is 0 Å². The first kappa shape index (κ1) is 19.6. The zero-order chi connectivity index (χ0) is 20.3. The van der Waals surface area contributed by atoms with Gasteiger partial charge in [-0.05, 0) is 29.1 Å². The van der Waals surface area contributed by atoms with Crippen molar-refractivity contribution in [2.75, 3.05) is 0 Å². The second kappa shape index (κ2) is 8.37. The summed E-state index contributed by atoms with van der Waals surface area (Å²) in [5.74, 6) is -0.434. The zero-order valence-electron chi connectivity index (χ0n) is 15.0. The number of sulfonamides is 1. The average Bonchev–Trinajstić information content (AvgIpc) is 3.42. The number of carbonyl (C=O) groups excluding carboxylic acids is 1. The summed E-state index contributed by atoms with van der Waals surface area (Å²) in [5, 5.41) is 4.73. The van der Waals surface area contributed by atoms with Gasteiger partial charge in [0.2, 0.25) is 15.9 Å². The third-order valence-corrected chi connectivity index (χ3v) is 7.10. The quantitative estimate of drug-likeness (QED) is 0.456. The Morgan fingerprint density at radius 2 is 1.83 bits per heavy atom. The molecule has 29 heavy (non-hydrogen) atoms. The van der Waals surface area contributed by atoms with Gasteiger partial charge in [0.05, 0.1) is 18.3 Å². The number of carbonyl (C=O) groups is 1. The monoisotopic (exact) mass is 444 g/mol. The molecule has 2 aromatic heterocycles. The van der Waals surface area contributed by atoms with Crippen molar-refractivity contribution in [1.82, 2.24) is 18.8 Å². The fourth-order valence-electron chi connectivity index (χ4n) is 2.82. The SMILES string of the molecule is O=C(NCc1cccs1)[C@H](NS(=O)(=O)c1cccc2nsnc12)c1ccccc1. The molecule has 0 spiro atoms. The van der Waals surface area contributed by atoms with E-state index in [1.807, 2.05) is 17.5 Å². The van der Waals surface area contributed by atoms with Crippen LogP contribution >= 0.6 is 23.1 Å². The number of nitrogens with zero attached hydrogens (tertiary/aromatic N) is 2. The summed E-state index contributed by atoms with van der Waals surface area (Å²) in [6, 6.07) is 16.2. The van der Waals surface area contributed by atoms with Gasteiger partial charge in [-0.25, -0.2) is 8.42 Å². The van der Waals surface area contributed by atoms with Crippen molar-refractivity contribution < 1.29 is 13.2 Å². The summed E-state index contributed by atoms with van der Waals surface area (Å²) in [6.45, 7) is 0.327. The molecule has 0 saturated carbocycles. The fourth-order valence-corrected chi connectivity index (χ4v) is 5.42. The molecule has 0 aliphatic carbocycles. The summed E-state index contributed by atoms with van der Waals surface area (Å²) in [6.07, 6.45) is 0. The Hall–Kier alpha value is -2.66. The van der Waals surface area contributed by atoms with Crippen molar-refractivity contribution in [1.29, 1.82) is 0 Å². The lowest BCUT2D eigenvalue weighted by Gasteiger charge is -2.19. The predicted octanol–water partition coefficient (Wildman–Crippen LogP) is 3.09. The normalized spacial score (nSPS) is 12.7. The number of rotatable bonds is 7. The molecule has 2 N–H and O–H groups in total. The van der Waals surface area contributed by atoms with E-state index in [1.165, 1.54) is 17.4 Å². The van der Waals surface area contributed by atoms with E-state index in [-0.39, 0.29) is 10.4 Å². The van der Waals surface area contributed by atoms with Crippen LogP contribution in [0.1, 0.15) is 16.5 Å². The smallest absolute Gasteiger partial charge is 0.243 e. The van der Waals surface area contributed by atoms with Crippen molar-refractivity contribution in [3.63, 3.8) is 0 Å². The van der Waals surface area contributed by atoms with E-state index in [2.05, 4.69) is 18.8 Å². The molecule has 0 bridgehead atoms. The molecule has 0 unspecified atom stereocenters. The van der Waals surface area contributed by atoms with E-state index in [4.69, 9.17) is 0 Å². The molecule has 2 heterocycles. The van der Waals surface area contributed by atoms with Crippen LogP contribution in [-0.2, 0) is 21.4 Å². The Bertz CT molecular complexity index is 1220. The summed E-state index contributed by atoms with van der Waals surface area (Å²) in [5.41, 5.74) is 1.33. The van der Waals surface area contributed by atoms with E-state index < -0.39 is 22.0 Å². The van der Waals surface area contributed by atoms with Gasteiger partial charge < -0.3 is 5.32 Å². The van der Waals surface area contributed by atoms with E-state index >= 15 is 0 Å². The van der Waals surface area contributed by atoms with E-state index in [9.17, 15) is 13.2 Å². The summed E-state index contributed by atoms with van der Waals surface area (Å²) in [4.78, 5) is 13.9. The number of amides is 1. The standard InChI is InChI=1S/C19H16N4O3S3/c24-19(20-12-14-8-5-11-27-14)17(13-6-2-1-3-7-13)23-29(25,26)16-10-4-9-15-18(16)22-28-21-15/h1-11,17,23H,12H2,(H,20,24)/t17-/m1/s1. The van der Waals surface area contributed by atoms with E-state index in [0.29, 0.717) is 17.6 Å². The highest BCUT2D eigenvalue weighted by Crippen LogP contribution is 2.24. The first-order valence-electron chi connectivity index (χ1n) is 8.63. The molecular formula is C19H16N4O3S3. The topological polar surface area (TPSA) is 101 Å². The third kappa shape index (κ3) is 4.35. The van der Waals surface area contributed by atoms with Gasteiger partial charge in [-0.2, -0.15) is 13.5 Å². The Balaban J connectivity index is 1.64. The first-order chi connectivity index (χ1) is 14.0. The minimum Gasteiger partial charge on any atom is -0.350 e. The second-order valence-electron chi connectivity index (χ2n) is 6.15. The maximum atomic E-state index is 13.1. The minimum atomic E-state index is -4.03. The molecule has 0 radical (unpaired) electrons. The number of hydrogen-bond acceptors (Lipinski definition) is 7. The molecule has 4 aromatic rings. The Morgan fingerprint density at radius 3 is 2.59 bits per heavy atom. The van der Waals surface area contributed by atoms with Gasteiger partial charge >= 0.3 is 0 Å². The molecule has 0 saturated heterocycles. The molecule has 4 rings (SSSR count). The van der Waals surface area contributed by atoms with Gasteiger partial charge in [0.15, 0.2) is 0 Å². The van der Waals surface area contributed by atoms with Crippen LogP contribution in [-0.4, -0.2) is 23.1 Å². The molecule has 148 valence electrons. The number of benzene rings is 2. The number of thiophene rings is 1. The lowest BCUT2D eigenvalue weighted by Crippen LogP contribution is -2.40. The highest BCUT2D eigenvalue weighted by atomic mass is 32.2. The maximum absolute atomic E-state index is 13.1. The molecule has 0 fully saturated rings. The Morgan fingerprint density at radius 1 is 1.00 bits per heavy atom. The van der Waals surface area contributed by atoms with Crippen LogP contribution < -0.4 is 10.0 Å². The van der Waals surface area contributed by atoms with E-state index in [1.54, 1.807) is 42.5 Å². The number of aromatic nitrogens is 2. The highest BCUT2D eigenvalue weighted by Gasteiger charge is 2.29. The van der Waals surface area contributed by atoms with Crippen molar-refractivity contribution in [2.24, 2.45) is 0 Å². The molecule has 1 amide bonds. The lowest BCUT2D eigenvalue weighted by atomic mass is 10.1. The van der Waals surface area contributed by atoms with Crippen LogP contribution in [0, 0.1) is 0 Å². The number of nitrogens with one attached hydrogen (secondary N) is 2. The van der Waals surface area contributed by atoms with Crippen LogP contribution in [0.3, 0.4) is 0 Å². The number of fused-ring (bicyclic) bond motifs is 1. The van der Waals surface area contributed by atoms with Gasteiger partial charge in [-0.1, -0.05) is 42.5 Å². The number of hydrogen-bond donors (Lipinski definition) is 2. The maximum Gasteiger partial charge on any atom is 0.243 e. The van der Waals surface area contributed by atoms with Gasteiger partial charge in [0.1, 0.15) is 22.0 Å². The predicted molar refractivity (Wildman–Crippen MR) is 113 cm³/mol. The Kier molecular flexibility index (Phi) is 5.67. The van der Waals surface area contributed by atoms with Crippen molar-refractivity contribution in [3.8, 4) is 0 Å². The largest absolute Gasteiger partial charge is 0.350 e. The first-order valence-corrected chi connectivity index (χ1v) is 11.7. The van der Waals surface area contributed by atoms with Crippen LogP contribution in [0.4, 0.5) is 0 Å². The van der Waals surface area contributed by atoms with Crippen LogP contribution in [0.15, 0.2) is 70.9 Å². The molecule has 0 aliphatic heterocycles. The molecule has 2 aromatic carbocycles. The molecular weight excluding hydrogens is 428 g/mol. The second-order valence-corrected chi connectivity index (χ2v) is 9.39. The van der Waals surface area contributed by atoms with Gasteiger partial charge in [0, 0.05) is 4.88 Å². The Labute approximate surface area is 175 Å². The average molecular weight is 445 g/mol. The van der Waals surface area contributed by atoms with Crippen molar-refractivity contribution in [2.45, 2.75) is 17.5 Å². The summed E-state index contributed by atoms with van der Waals surface area (Å²) in [7, 11) is -4.03. The molecule has 7 nitrogen and oxygen atoms in total. The van der Waals surface area contributed by atoms with E-state index in [0.717, 1.165) is 16.6 Å². The minimum absolute atomic E-state index is 0.00395. The molecule has 0 aliphatic rings. The fraction of sp³-hybridized carbons (Fsp3) is 0.105. The molecule has 10 heteroatoms. The third-order valence-electron chi connectivity index (χ3n) is 4.22. The van der Waals surface area contributed by atoms with Crippen LogP contribution in [0.2, 0.25) is 0 Å². The summed E-state index contributed by atoms with van der Waals surface area (Å²) >= 11 is 2.46. The van der Waals surface area contributed by atoms with Crippen molar-refractivity contribution >= 4 is 50.0 Å². The van der Waals surface area contributed by atoms with Crippen LogP contribution in [0.5, 0.6) is 0 Å².